The first-order valence-corrected chi connectivity index (χ1v) is 15.4. The van der Waals surface area contributed by atoms with Gasteiger partial charge in [0.05, 0.1) is 12.1 Å². The van der Waals surface area contributed by atoms with Crippen LogP contribution in [0.3, 0.4) is 0 Å². The Morgan fingerprint density at radius 1 is 0.826 bits per heavy atom. The number of amides is 4. The molecule has 1 aliphatic heterocycles. The maximum Gasteiger partial charge on any atom is 0.426 e. The molecule has 1 heterocycles. The van der Waals surface area contributed by atoms with Gasteiger partial charge < -0.3 is 26.2 Å². The molecule has 4 amide bonds. The van der Waals surface area contributed by atoms with Crippen LogP contribution in [0.2, 0.25) is 0 Å². The van der Waals surface area contributed by atoms with E-state index in [-0.39, 0.29) is 19.3 Å². The van der Waals surface area contributed by atoms with Crippen LogP contribution in [-0.2, 0) is 38.4 Å². The number of aliphatic hydroxyl groups excluding tert-OH is 1. The number of benzene rings is 3. The molecule has 0 aromatic heterocycles. The van der Waals surface area contributed by atoms with Crippen LogP contribution < -0.4 is 21.8 Å². The monoisotopic (exact) mass is 629 g/mol. The van der Waals surface area contributed by atoms with Gasteiger partial charge in [-0.1, -0.05) is 91.0 Å². The summed E-state index contributed by atoms with van der Waals surface area (Å²) in [5.41, 5.74) is 10.2. The van der Waals surface area contributed by atoms with Crippen molar-refractivity contribution in [3.63, 3.8) is 0 Å². The van der Waals surface area contributed by atoms with Gasteiger partial charge in [0.1, 0.15) is 12.1 Å². The van der Waals surface area contributed by atoms with Crippen molar-refractivity contribution in [3.05, 3.63) is 108 Å². The number of nitrogens with one attached hydrogen (secondary N) is 3. The topological polar surface area (TPSA) is 163 Å². The lowest BCUT2D eigenvalue weighted by Crippen LogP contribution is -2.55. The number of carbonyl (C=O) groups is 4. The molecule has 6 N–H and O–H groups in total. The van der Waals surface area contributed by atoms with Gasteiger partial charge in [-0.25, -0.2) is 9.80 Å². The van der Waals surface area contributed by atoms with Crippen LogP contribution in [0.25, 0.3) is 0 Å². The Bertz CT molecular complexity index is 1470. The predicted molar refractivity (Wildman–Crippen MR) is 173 cm³/mol. The number of hydrogen-bond donors (Lipinski definition) is 5. The Balaban J connectivity index is 1.50. The lowest BCUT2D eigenvalue weighted by molar-refractivity contribution is -0.133. The highest BCUT2D eigenvalue weighted by Crippen LogP contribution is 2.26. The summed E-state index contributed by atoms with van der Waals surface area (Å²) in [6.07, 6.45) is -1.01. The minimum atomic E-state index is -1.15. The summed E-state index contributed by atoms with van der Waals surface area (Å²) in [6.45, 7) is 4.93. The highest BCUT2D eigenvalue weighted by atomic mass is 16.6. The van der Waals surface area contributed by atoms with E-state index >= 15 is 0 Å². The number of carbonyl (C=O) groups excluding carboxylic acids is 4. The van der Waals surface area contributed by atoms with Gasteiger partial charge in [-0.2, -0.15) is 5.43 Å². The van der Waals surface area contributed by atoms with Gasteiger partial charge in [-0.15, -0.1) is 0 Å². The summed E-state index contributed by atoms with van der Waals surface area (Å²) in [6, 6.07) is 25.2. The van der Waals surface area contributed by atoms with Crippen molar-refractivity contribution in [2.45, 2.75) is 76.4 Å². The van der Waals surface area contributed by atoms with E-state index in [0.717, 1.165) is 16.7 Å². The zero-order valence-electron chi connectivity index (χ0n) is 26.4. The number of nitrogens with zero attached hydrogens (tertiary/aromatic N) is 1. The van der Waals surface area contributed by atoms with Crippen molar-refractivity contribution < 1.29 is 29.0 Å². The Morgan fingerprint density at radius 3 is 1.80 bits per heavy atom. The second-order valence-corrected chi connectivity index (χ2v) is 12.2. The van der Waals surface area contributed by atoms with Crippen LogP contribution in [-0.4, -0.2) is 63.9 Å². The molecule has 11 heteroatoms. The molecule has 3 aromatic carbocycles. The Morgan fingerprint density at radius 2 is 1.33 bits per heavy atom. The van der Waals surface area contributed by atoms with E-state index < -0.39 is 59.7 Å². The third-order valence-electron chi connectivity index (χ3n) is 7.91. The summed E-state index contributed by atoms with van der Waals surface area (Å²) >= 11 is 0. The molecule has 3 aromatic rings. The third kappa shape index (κ3) is 9.63. The van der Waals surface area contributed by atoms with Crippen molar-refractivity contribution in [2.24, 2.45) is 11.7 Å². The molecule has 46 heavy (non-hydrogen) atoms. The molecule has 0 aliphatic carbocycles. The van der Waals surface area contributed by atoms with Crippen molar-refractivity contribution in [1.29, 1.82) is 0 Å². The largest absolute Gasteiger partial charge is 0.426 e. The highest BCUT2D eigenvalue weighted by molar-refractivity contribution is 5.92. The molecular weight excluding hydrogens is 586 g/mol. The number of rotatable bonds is 15. The van der Waals surface area contributed by atoms with E-state index in [4.69, 9.17) is 10.5 Å². The van der Waals surface area contributed by atoms with E-state index in [0.29, 0.717) is 6.42 Å². The fraction of sp³-hybridized carbons (Fsp3) is 0.371. The summed E-state index contributed by atoms with van der Waals surface area (Å²) in [7, 11) is 0. The molecule has 1 aliphatic rings. The van der Waals surface area contributed by atoms with Crippen molar-refractivity contribution >= 4 is 23.8 Å². The number of hydrogen-bond acceptors (Lipinski definition) is 7. The molecule has 5 atom stereocenters. The van der Waals surface area contributed by atoms with Gasteiger partial charge in [-0.05, 0) is 56.7 Å². The van der Waals surface area contributed by atoms with E-state index in [1.165, 1.54) is 11.9 Å². The Labute approximate surface area is 269 Å². The van der Waals surface area contributed by atoms with E-state index in [1.54, 1.807) is 13.8 Å². The van der Waals surface area contributed by atoms with Crippen LogP contribution in [0, 0.1) is 5.92 Å². The number of cyclic esters (lactones) is 1. The lowest BCUT2D eigenvalue weighted by atomic mass is 9.88. The van der Waals surface area contributed by atoms with Crippen molar-refractivity contribution in [1.82, 2.24) is 21.1 Å². The fourth-order valence-corrected chi connectivity index (χ4v) is 5.50. The summed E-state index contributed by atoms with van der Waals surface area (Å²) in [4.78, 5) is 51.9. The minimum Gasteiger partial charge on any atom is -0.426 e. The normalized spacial score (nSPS) is 17.2. The summed E-state index contributed by atoms with van der Waals surface area (Å²) < 4.78 is 5.45. The SMILES string of the molecule is C[C@H](NC(=O)C(Cc1ccccc1)C[C@@H](O)[C@H](Cc1ccccc1)N1NC(C)(C)OC1=O)C(=O)N[C@@H](Cc1ccccc1)C(N)=O. The molecule has 1 fully saturated rings. The van der Waals surface area contributed by atoms with Crippen LogP contribution in [0.4, 0.5) is 4.79 Å². The molecule has 0 spiro atoms. The molecule has 11 nitrogen and oxygen atoms in total. The number of hydrazine groups is 1. The fourth-order valence-electron chi connectivity index (χ4n) is 5.50. The first kappa shape index (κ1) is 34.1. The molecule has 1 saturated heterocycles. The number of nitrogens with two attached hydrogens (primary N) is 1. The zero-order chi connectivity index (χ0) is 33.3. The number of aliphatic hydroxyl groups is 1. The van der Waals surface area contributed by atoms with Crippen LogP contribution >= 0.6 is 0 Å². The molecule has 4 rings (SSSR count). The average molecular weight is 630 g/mol. The Kier molecular flexibility index (Phi) is 11.5. The maximum atomic E-state index is 13.8. The first-order chi connectivity index (χ1) is 21.9. The molecule has 0 bridgehead atoms. The van der Waals surface area contributed by atoms with Gasteiger partial charge in [0.25, 0.3) is 0 Å². The van der Waals surface area contributed by atoms with Gasteiger partial charge in [0.15, 0.2) is 5.72 Å². The van der Waals surface area contributed by atoms with Gasteiger partial charge in [0, 0.05) is 12.3 Å². The first-order valence-electron chi connectivity index (χ1n) is 15.4. The molecule has 0 saturated carbocycles. The average Bonchev–Trinajstić information content (AvgIpc) is 3.31. The van der Waals surface area contributed by atoms with Crippen LogP contribution in [0.15, 0.2) is 91.0 Å². The summed E-state index contributed by atoms with van der Waals surface area (Å²) in [5.74, 6) is -2.49. The smallest absolute Gasteiger partial charge is 0.426 e. The second kappa shape index (κ2) is 15.5. The lowest BCUT2D eigenvalue weighted by Gasteiger charge is -2.32. The van der Waals surface area contributed by atoms with Gasteiger partial charge in [-0.3, -0.25) is 14.4 Å². The summed E-state index contributed by atoms with van der Waals surface area (Å²) in [5, 5.41) is 18.4. The van der Waals surface area contributed by atoms with E-state index in [2.05, 4.69) is 16.1 Å². The number of ether oxygens (including phenoxy) is 1. The van der Waals surface area contributed by atoms with E-state index in [1.807, 2.05) is 91.0 Å². The minimum absolute atomic E-state index is 0.0175. The maximum absolute atomic E-state index is 13.8. The van der Waals surface area contributed by atoms with Crippen LogP contribution in [0.1, 0.15) is 43.9 Å². The van der Waals surface area contributed by atoms with Crippen LogP contribution in [0.5, 0.6) is 0 Å². The molecule has 0 radical (unpaired) electrons. The standard InChI is InChI=1S/C35H43N5O6/c1-23(32(43)38-28(31(36)42)20-25-15-9-5-10-16-25)37-33(44)27(19-24-13-7-4-8-14-24)22-30(41)29(21-26-17-11-6-12-18-26)40-34(45)46-35(2,3)39-40/h4-18,23,27-30,39,41H,19-22H2,1-3H3,(H2,36,42)(H,37,44)(H,38,43)/t23-,27?,28-,29-,30+/m0/s1. The van der Waals surface area contributed by atoms with Crippen molar-refractivity contribution in [2.75, 3.05) is 0 Å². The number of primary amides is 1. The third-order valence-corrected chi connectivity index (χ3v) is 7.91. The molecule has 244 valence electrons. The molecule has 1 unspecified atom stereocenters. The zero-order valence-corrected chi connectivity index (χ0v) is 26.4. The highest BCUT2D eigenvalue weighted by Gasteiger charge is 2.44. The van der Waals surface area contributed by atoms with Gasteiger partial charge in [0.2, 0.25) is 17.7 Å². The molecular formula is C35H43N5O6. The second-order valence-electron chi connectivity index (χ2n) is 12.2. The predicted octanol–water partition coefficient (Wildman–Crippen LogP) is 2.62. The Hall–Kier alpha value is -4.74. The van der Waals surface area contributed by atoms with Crippen molar-refractivity contribution in [3.8, 4) is 0 Å². The van der Waals surface area contributed by atoms with Gasteiger partial charge >= 0.3 is 6.09 Å². The van der Waals surface area contributed by atoms with E-state index in [9.17, 15) is 24.3 Å². The quantitative estimate of drug-likeness (QED) is 0.173.